The second-order valence-corrected chi connectivity index (χ2v) is 3.99. The molecule has 98 valence electrons. The van der Waals surface area contributed by atoms with Gasteiger partial charge in [-0.2, -0.15) is 18.5 Å². The average molecular weight is 258 g/mol. The van der Waals surface area contributed by atoms with Gasteiger partial charge in [0, 0.05) is 0 Å². The molecule has 0 radical (unpaired) electrons. The van der Waals surface area contributed by atoms with Crippen molar-refractivity contribution < 1.29 is 27.9 Å². The number of hydrogen-bond acceptors (Lipinski definition) is 3. The van der Waals surface area contributed by atoms with E-state index in [0.717, 1.165) is 5.56 Å². The maximum Gasteiger partial charge on any atom is 0.519 e. The Hall–Kier alpha value is -1.53. The molecule has 0 saturated carbocycles. The Labute approximate surface area is 103 Å². The highest BCUT2D eigenvalue weighted by molar-refractivity contribution is 5.57. The molecular formula is C12H14F2NO3+. The van der Waals surface area contributed by atoms with Crippen molar-refractivity contribution in [2.75, 3.05) is 13.2 Å². The number of halogens is 2. The molecule has 1 fully saturated rings. The Balaban J connectivity index is 1.91. The quantitative estimate of drug-likeness (QED) is 0.799. The summed E-state index contributed by atoms with van der Waals surface area (Å²) in [6.07, 6.45) is -4.38. The lowest BCUT2D eigenvalue weighted by Crippen LogP contribution is -3.22. The number of rotatable bonds is 2. The number of alkyl carbamates (subject to hydrolysis) is 2. The Morgan fingerprint density at radius 3 is 2.50 bits per heavy atom. The lowest BCUT2D eigenvalue weighted by molar-refractivity contribution is -0.919. The Kier molecular flexibility index (Phi) is 4.22. The van der Waals surface area contributed by atoms with Crippen molar-refractivity contribution in [3.05, 3.63) is 35.9 Å². The second-order valence-electron chi connectivity index (χ2n) is 3.99. The minimum atomic E-state index is -1.72. The summed E-state index contributed by atoms with van der Waals surface area (Å²) in [5.41, 5.74) is 0.768. The van der Waals surface area contributed by atoms with Gasteiger partial charge in [0.05, 0.1) is 0 Å². The van der Waals surface area contributed by atoms with E-state index in [1.807, 2.05) is 6.07 Å². The number of benzene rings is 1. The minimum absolute atomic E-state index is 0.00344. The summed E-state index contributed by atoms with van der Waals surface area (Å²) in [6.45, 7) is -0.587. The van der Waals surface area contributed by atoms with Gasteiger partial charge >= 0.3 is 6.09 Å². The molecule has 1 aliphatic rings. The van der Waals surface area contributed by atoms with Crippen LogP contribution in [0.3, 0.4) is 0 Å². The summed E-state index contributed by atoms with van der Waals surface area (Å²) in [7, 11) is 0. The van der Waals surface area contributed by atoms with E-state index in [1.54, 1.807) is 24.3 Å². The van der Waals surface area contributed by atoms with E-state index in [4.69, 9.17) is 4.74 Å². The summed E-state index contributed by atoms with van der Waals surface area (Å²) in [5.74, 6) is 0. The zero-order chi connectivity index (χ0) is 13.0. The third-order valence-electron chi connectivity index (χ3n) is 2.65. The smallest absolute Gasteiger partial charge is 0.415 e. The van der Waals surface area contributed by atoms with Crippen LogP contribution >= 0.6 is 0 Å². The van der Waals surface area contributed by atoms with E-state index in [0.29, 0.717) is 0 Å². The predicted octanol–water partition coefficient (Wildman–Crippen LogP) is 0.830. The van der Waals surface area contributed by atoms with Crippen molar-refractivity contribution in [1.29, 1.82) is 0 Å². The molecule has 1 amide bonds. The number of amides is 1. The lowest BCUT2D eigenvalue weighted by atomic mass is 10.2. The predicted molar refractivity (Wildman–Crippen MR) is 58.2 cm³/mol. The number of carbonyl (C=O) groups excluding carboxylic acids is 1. The van der Waals surface area contributed by atoms with E-state index in [-0.39, 0.29) is 19.8 Å². The van der Waals surface area contributed by atoms with Gasteiger partial charge in [-0.05, 0) is 5.56 Å². The highest BCUT2D eigenvalue weighted by atomic mass is 19.2. The van der Waals surface area contributed by atoms with Crippen LogP contribution in [0.1, 0.15) is 5.56 Å². The fraction of sp³-hybridized carbons (Fsp3) is 0.417. The summed E-state index contributed by atoms with van der Waals surface area (Å²) in [5, 5.41) is 0. The normalized spacial score (nSPS) is 27.8. The number of alkyl halides is 2. The molecular weight excluding hydrogens is 244 g/mol. The average Bonchev–Trinajstić information content (AvgIpc) is 2.37. The molecule has 6 heteroatoms. The summed E-state index contributed by atoms with van der Waals surface area (Å²) >= 11 is 0. The monoisotopic (exact) mass is 258 g/mol. The zero-order valence-electron chi connectivity index (χ0n) is 9.64. The van der Waals surface area contributed by atoms with Crippen molar-refractivity contribution in [1.82, 2.24) is 0 Å². The summed E-state index contributed by atoms with van der Waals surface area (Å²) < 4.78 is 36.3. The first-order valence-corrected chi connectivity index (χ1v) is 5.62. The van der Waals surface area contributed by atoms with E-state index < -0.39 is 23.6 Å². The van der Waals surface area contributed by atoms with Gasteiger partial charge in [-0.25, -0.2) is 0 Å². The van der Waals surface area contributed by atoms with Crippen LogP contribution in [0.25, 0.3) is 0 Å². The van der Waals surface area contributed by atoms with E-state index in [1.165, 1.54) is 0 Å². The molecule has 4 nitrogen and oxygen atoms in total. The molecule has 1 aliphatic heterocycles. The van der Waals surface area contributed by atoms with E-state index in [9.17, 15) is 13.6 Å². The van der Waals surface area contributed by atoms with Crippen LogP contribution in [0.4, 0.5) is 13.6 Å². The van der Waals surface area contributed by atoms with Crippen LogP contribution in [0.2, 0.25) is 0 Å². The van der Waals surface area contributed by atoms with Gasteiger partial charge in [-0.1, -0.05) is 30.3 Å². The van der Waals surface area contributed by atoms with Crippen molar-refractivity contribution >= 4 is 6.09 Å². The SMILES string of the molecule is O=C(OCc1ccccc1)[NH+]1C(F)COCC1F. The van der Waals surface area contributed by atoms with Gasteiger partial charge < -0.3 is 9.47 Å². The fourth-order valence-electron chi connectivity index (χ4n) is 1.71. The third kappa shape index (κ3) is 3.02. The molecule has 2 unspecified atom stereocenters. The Morgan fingerprint density at radius 1 is 1.28 bits per heavy atom. The fourth-order valence-corrected chi connectivity index (χ4v) is 1.71. The standard InChI is InChI=1S/C12H13F2NO3/c13-10-7-17-8-11(14)15(10)12(16)18-6-9-4-2-1-3-5-9/h1-5,10-11H,6-8H2/p+1. The molecule has 2 atom stereocenters. The maximum atomic E-state index is 13.4. The summed E-state index contributed by atoms with van der Waals surface area (Å²) in [4.78, 5) is 11.1. The van der Waals surface area contributed by atoms with Crippen LogP contribution in [-0.2, 0) is 16.1 Å². The van der Waals surface area contributed by atoms with Crippen molar-refractivity contribution in [3.8, 4) is 0 Å². The van der Waals surface area contributed by atoms with Crippen LogP contribution in [0, 0.1) is 0 Å². The number of carbonyl (C=O) groups is 1. The van der Waals surface area contributed by atoms with Gasteiger partial charge in [0.1, 0.15) is 19.8 Å². The Morgan fingerprint density at radius 2 is 1.89 bits per heavy atom. The molecule has 0 aliphatic carbocycles. The highest BCUT2D eigenvalue weighted by Gasteiger charge is 2.42. The molecule has 1 N–H and O–H groups in total. The molecule has 1 heterocycles. The number of hydrogen-bond donors (Lipinski definition) is 1. The molecule has 0 aromatic heterocycles. The van der Waals surface area contributed by atoms with Gasteiger partial charge in [0.25, 0.3) is 12.6 Å². The largest absolute Gasteiger partial charge is 0.519 e. The van der Waals surface area contributed by atoms with Gasteiger partial charge in [0.15, 0.2) is 0 Å². The number of quaternary nitrogens is 1. The molecule has 0 spiro atoms. The molecule has 1 aromatic rings. The van der Waals surface area contributed by atoms with Gasteiger partial charge in [0.2, 0.25) is 0 Å². The first-order chi connectivity index (χ1) is 8.68. The summed E-state index contributed by atoms with van der Waals surface area (Å²) in [6, 6.07) is 8.94. The van der Waals surface area contributed by atoms with Crippen LogP contribution < -0.4 is 4.90 Å². The number of nitrogens with one attached hydrogen (secondary N) is 1. The number of morpholine rings is 1. The van der Waals surface area contributed by atoms with Crippen molar-refractivity contribution in [3.63, 3.8) is 0 Å². The lowest BCUT2D eigenvalue weighted by Gasteiger charge is -2.27. The van der Waals surface area contributed by atoms with Crippen molar-refractivity contribution in [2.24, 2.45) is 0 Å². The molecule has 0 bridgehead atoms. The molecule has 2 rings (SSSR count). The van der Waals surface area contributed by atoms with E-state index in [2.05, 4.69) is 4.74 Å². The second kappa shape index (κ2) is 5.88. The topological polar surface area (TPSA) is 40.0 Å². The molecule has 1 saturated heterocycles. The van der Waals surface area contributed by atoms with E-state index >= 15 is 0 Å². The minimum Gasteiger partial charge on any atom is -0.415 e. The van der Waals surface area contributed by atoms with Crippen LogP contribution in [0.5, 0.6) is 0 Å². The Bertz CT molecular complexity index is 392. The third-order valence-corrected chi connectivity index (χ3v) is 2.65. The van der Waals surface area contributed by atoms with Crippen molar-refractivity contribution in [2.45, 2.75) is 19.2 Å². The van der Waals surface area contributed by atoms with Crippen LogP contribution in [-0.4, -0.2) is 31.9 Å². The van der Waals surface area contributed by atoms with Gasteiger partial charge in [-0.15, -0.1) is 0 Å². The maximum absolute atomic E-state index is 13.4. The molecule has 18 heavy (non-hydrogen) atoms. The zero-order valence-corrected chi connectivity index (χ0v) is 9.64. The highest BCUT2D eigenvalue weighted by Crippen LogP contribution is 2.02. The number of ether oxygens (including phenoxy) is 2. The first kappa shape index (κ1) is 12.9. The first-order valence-electron chi connectivity index (χ1n) is 5.62. The van der Waals surface area contributed by atoms with Gasteiger partial charge in [-0.3, -0.25) is 0 Å². The molecule has 1 aromatic carbocycles. The van der Waals surface area contributed by atoms with Crippen LogP contribution in [0.15, 0.2) is 30.3 Å².